The minimum atomic E-state index is -0.327. The standard InChI is InChI=1S/C19H26N2O2S2/c1-3-13(2)20-19(23)17-10-24-12-21(17)18(22)11-25-16-8-7-14-5-4-6-15(14)9-16/h7-9,13,17H,3-6,10-12H2,1-2H3,(H,20,23)/t13-,17+/m1/s1. The van der Waals surface area contributed by atoms with Crippen molar-refractivity contribution in [1.82, 2.24) is 10.2 Å². The van der Waals surface area contributed by atoms with Gasteiger partial charge in [-0.1, -0.05) is 13.0 Å². The molecule has 25 heavy (non-hydrogen) atoms. The van der Waals surface area contributed by atoms with Crippen molar-refractivity contribution in [2.45, 2.75) is 56.5 Å². The Morgan fingerprint density at radius 1 is 1.36 bits per heavy atom. The van der Waals surface area contributed by atoms with Gasteiger partial charge >= 0.3 is 0 Å². The monoisotopic (exact) mass is 378 g/mol. The number of fused-ring (bicyclic) bond motifs is 1. The Hall–Kier alpha value is -1.14. The van der Waals surface area contributed by atoms with Crippen molar-refractivity contribution >= 4 is 35.3 Å². The second-order valence-corrected chi connectivity index (χ2v) is 8.82. The van der Waals surface area contributed by atoms with Crippen LogP contribution in [0.1, 0.15) is 37.8 Å². The molecule has 0 radical (unpaired) electrons. The number of aryl methyl sites for hydroxylation is 2. The normalized spacial score (nSPS) is 20.4. The second-order valence-electron chi connectivity index (χ2n) is 6.77. The Morgan fingerprint density at radius 2 is 2.16 bits per heavy atom. The number of benzene rings is 1. The van der Waals surface area contributed by atoms with Crippen LogP contribution in [0.4, 0.5) is 0 Å². The van der Waals surface area contributed by atoms with Gasteiger partial charge in [-0.15, -0.1) is 23.5 Å². The van der Waals surface area contributed by atoms with E-state index < -0.39 is 0 Å². The van der Waals surface area contributed by atoms with Crippen molar-refractivity contribution in [2.24, 2.45) is 0 Å². The molecule has 0 spiro atoms. The predicted octanol–water partition coefficient (Wildman–Crippen LogP) is 3.08. The van der Waals surface area contributed by atoms with E-state index in [1.807, 2.05) is 13.8 Å². The molecule has 1 heterocycles. The van der Waals surface area contributed by atoms with Gasteiger partial charge in [-0.2, -0.15) is 0 Å². The van der Waals surface area contributed by atoms with Crippen LogP contribution in [0, 0.1) is 0 Å². The molecule has 1 saturated heterocycles. The smallest absolute Gasteiger partial charge is 0.243 e. The van der Waals surface area contributed by atoms with E-state index in [1.165, 1.54) is 24.0 Å². The predicted molar refractivity (Wildman–Crippen MR) is 105 cm³/mol. The van der Waals surface area contributed by atoms with Crippen molar-refractivity contribution in [2.75, 3.05) is 17.4 Å². The summed E-state index contributed by atoms with van der Waals surface area (Å²) in [6.07, 6.45) is 4.46. The molecule has 2 aliphatic rings. The quantitative estimate of drug-likeness (QED) is 0.773. The first kappa shape index (κ1) is 18.6. The molecule has 2 atom stereocenters. The van der Waals surface area contributed by atoms with Crippen LogP contribution in [0.3, 0.4) is 0 Å². The number of hydrogen-bond acceptors (Lipinski definition) is 4. The van der Waals surface area contributed by atoms with Crippen LogP contribution in [0.15, 0.2) is 23.1 Å². The van der Waals surface area contributed by atoms with E-state index in [4.69, 9.17) is 0 Å². The molecular weight excluding hydrogens is 352 g/mol. The van der Waals surface area contributed by atoms with Crippen LogP contribution in [-0.4, -0.2) is 46.2 Å². The maximum atomic E-state index is 12.6. The van der Waals surface area contributed by atoms with E-state index in [2.05, 4.69) is 23.5 Å². The van der Waals surface area contributed by atoms with Gasteiger partial charge in [0.2, 0.25) is 11.8 Å². The van der Waals surface area contributed by atoms with Crippen LogP contribution in [0.5, 0.6) is 0 Å². The molecule has 0 saturated carbocycles. The Labute approximate surface area is 158 Å². The van der Waals surface area contributed by atoms with Gasteiger partial charge in [0.25, 0.3) is 0 Å². The van der Waals surface area contributed by atoms with E-state index in [0.29, 0.717) is 17.4 Å². The highest BCUT2D eigenvalue weighted by molar-refractivity contribution is 8.00. The lowest BCUT2D eigenvalue weighted by Crippen LogP contribution is -2.49. The van der Waals surface area contributed by atoms with Gasteiger partial charge in [-0.3, -0.25) is 9.59 Å². The van der Waals surface area contributed by atoms with Crippen LogP contribution >= 0.6 is 23.5 Å². The molecule has 1 aromatic rings. The third kappa shape index (κ3) is 4.53. The first-order valence-corrected chi connectivity index (χ1v) is 11.1. The largest absolute Gasteiger partial charge is 0.352 e. The van der Waals surface area contributed by atoms with Crippen LogP contribution in [-0.2, 0) is 22.4 Å². The lowest BCUT2D eigenvalue weighted by atomic mass is 10.1. The molecule has 0 aromatic heterocycles. The maximum Gasteiger partial charge on any atom is 0.243 e. The molecule has 1 aliphatic carbocycles. The minimum Gasteiger partial charge on any atom is -0.352 e. The minimum absolute atomic E-state index is 0.0183. The van der Waals surface area contributed by atoms with E-state index in [1.54, 1.807) is 28.4 Å². The van der Waals surface area contributed by atoms with Crippen LogP contribution in [0.2, 0.25) is 0 Å². The number of nitrogens with one attached hydrogen (secondary N) is 1. The summed E-state index contributed by atoms with van der Waals surface area (Å²) in [7, 11) is 0. The van der Waals surface area contributed by atoms with Crippen molar-refractivity contribution in [3.63, 3.8) is 0 Å². The molecule has 136 valence electrons. The van der Waals surface area contributed by atoms with Gasteiger partial charge in [0.05, 0.1) is 11.6 Å². The van der Waals surface area contributed by atoms with Crippen molar-refractivity contribution in [3.8, 4) is 0 Å². The summed E-state index contributed by atoms with van der Waals surface area (Å²) in [5.74, 6) is 1.74. The lowest BCUT2D eigenvalue weighted by Gasteiger charge is -2.24. The SMILES string of the molecule is CC[C@@H](C)NC(=O)[C@@H]1CSCN1C(=O)CSc1ccc2c(c1)CCC2. The average molecular weight is 379 g/mol. The first-order chi connectivity index (χ1) is 12.1. The van der Waals surface area contributed by atoms with E-state index in [-0.39, 0.29) is 23.9 Å². The highest BCUT2D eigenvalue weighted by Crippen LogP contribution is 2.29. The second kappa shape index (κ2) is 8.49. The summed E-state index contributed by atoms with van der Waals surface area (Å²) in [5.41, 5.74) is 2.88. The van der Waals surface area contributed by atoms with Crippen molar-refractivity contribution in [1.29, 1.82) is 0 Å². The number of nitrogens with zero attached hydrogens (tertiary/aromatic N) is 1. The molecule has 0 unspecified atom stereocenters. The molecular formula is C19H26N2O2S2. The highest BCUT2D eigenvalue weighted by Gasteiger charge is 2.34. The highest BCUT2D eigenvalue weighted by atomic mass is 32.2. The van der Waals surface area contributed by atoms with Gasteiger partial charge in [0.15, 0.2) is 0 Å². The zero-order valence-corrected chi connectivity index (χ0v) is 16.5. The van der Waals surface area contributed by atoms with E-state index in [9.17, 15) is 9.59 Å². The van der Waals surface area contributed by atoms with Crippen LogP contribution in [0.25, 0.3) is 0 Å². The number of rotatable bonds is 6. The number of carbonyl (C=O) groups excluding carboxylic acids is 2. The Bertz CT molecular complexity index is 650. The first-order valence-electron chi connectivity index (χ1n) is 9.00. The zero-order chi connectivity index (χ0) is 17.8. The number of amides is 2. The third-order valence-corrected chi connectivity index (χ3v) is 6.93. The van der Waals surface area contributed by atoms with Gasteiger partial charge in [0.1, 0.15) is 6.04 Å². The summed E-state index contributed by atoms with van der Waals surface area (Å²) < 4.78 is 0. The molecule has 2 amide bonds. The molecule has 1 aliphatic heterocycles. The Kier molecular flexibility index (Phi) is 6.34. The fourth-order valence-electron chi connectivity index (χ4n) is 3.21. The summed E-state index contributed by atoms with van der Waals surface area (Å²) >= 11 is 3.24. The Balaban J connectivity index is 1.55. The van der Waals surface area contributed by atoms with Crippen LogP contribution < -0.4 is 5.32 Å². The fourth-order valence-corrected chi connectivity index (χ4v) is 5.24. The summed E-state index contributed by atoms with van der Waals surface area (Å²) in [6, 6.07) is 6.37. The maximum absolute atomic E-state index is 12.6. The average Bonchev–Trinajstić information content (AvgIpc) is 3.27. The van der Waals surface area contributed by atoms with Gasteiger partial charge in [-0.25, -0.2) is 0 Å². The summed E-state index contributed by atoms with van der Waals surface area (Å²) in [5, 5.41) is 3.01. The van der Waals surface area contributed by atoms with Gasteiger partial charge in [-0.05, 0) is 55.9 Å². The molecule has 1 N–H and O–H groups in total. The number of hydrogen-bond donors (Lipinski definition) is 1. The van der Waals surface area contributed by atoms with Crippen molar-refractivity contribution in [3.05, 3.63) is 29.3 Å². The fraction of sp³-hybridized carbons (Fsp3) is 0.579. The molecule has 4 nitrogen and oxygen atoms in total. The molecule has 0 bridgehead atoms. The third-order valence-electron chi connectivity index (χ3n) is 4.94. The molecule has 6 heteroatoms. The topological polar surface area (TPSA) is 49.4 Å². The lowest BCUT2D eigenvalue weighted by molar-refractivity contribution is -0.136. The molecule has 3 rings (SSSR count). The van der Waals surface area contributed by atoms with Gasteiger partial charge < -0.3 is 10.2 Å². The number of thioether (sulfide) groups is 2. The number of carbonyl (C=O) groups is 2. The van der Waals surface area contributed by atoms with Gasteiger partial charge in [0, 0.05) is 16.7 Å². The summed E-state index contributed by atoms with van der Waals surface area (Å²) in [6.45, 7) is 4.04. The van der Waals surface area contributed by atoms with Crippen molar-refractivity contribution < 1.29 is 9.59 Å². The Morgan fingerprint density at radius 3 is 2.96 bits per heavy atom. The van der Waals surface area contributed by atoms with E-state index in [0.717, 1.165) is 17.7 Å². The molecule has 1 fully saturated rings. The zero-order valence-electron chi connectivity index (χ0n) is 14.9. The molecule has 1 aromatic carbocycles. The summed E-state index contributed by atoms with van der Waals surface area (Å²) in [4.78, 5) is 27.9. The van der Waals surface area contributed by atoms with E-state index >= 15 is 0 Å².